The lowest BCUT2D eigenvalue weighted by Gasteiger charge is -2.33. The standard InChI is InChI=1S/C16H32N8O4/c17-15(25)13-23-9-7-21(3-1-19-27)5-6-22(4-2-20-28)8-10-24(12-11-23)14-16(18)26/h1-14H2,(H2,17,25)(H2,18,26). The number of hydrogen-bond acceptors (Lipinski definition) is 10. The van der Waals surface area contributed by atoms with Crippen molar-refractivity contribution in [1.82, 2.24) is 19.6 Å². The maximum atomic E-state index is 11.4. The van der Waals surface area contributed by atoms with Crippen LogP contribution in [-0.4, -0.2) is 123 Å². The molecule has 0 saturated carbocycles. The second kappa shape index (κ2) is 14.0. The second-order valence-electron chi connectivity index (χ2n) is 6.87. The van der Waals surface area contributed by atoms with Crippen molar-refractivity contribution in [1.29, 1.82) is 0 Å². The molecule has 1 fully saturated rings. The quantitative estimate of drug-likeness (QED) is 0.388. The number of nitroso groups, excluding NO2 is 2. The number of nitrogens with two attached hydrogens (primary N) is 2. The number of primary amides is 2. The molecule has 12 heteroatoms. The van der Waals surface area contributed by atoms with Crippen LogP contribution in [0.3, 0.4) is 0 Å². The van der Waals surface area contributed by atoms with Gasteiger partial charge in [0, 0.05) is 65.4 Å². The molecule has 0 aromatic rings. The van der Waals surface area contributed by atoms with Crippen molar-refractivity contribution < 1.29 is 9.59 Å². The van der Waals surface area contributed by atoms with Crippen molar-refractivity contribution in [3.63, 3.8) is 0 Å². The van der Waals surface area contributed by atoms with E-state index in [4.69, 9.17) is 11.5 Å². The summed E-state index contributed by atoms with van der Waals surface area (Å²) in [5, 5.41) is 5.87. The number of nitrogens with zero attached hydrogens (tertiary/aromatic N) is 6. The highest BCUT2D eigenvalue weighted by Crippen LogP contribution is 2.01. The lowest BCUT2D eigenvalue weighted by Crippen LogP contribution is -2.49. The summed E-state index contributed by atoms with van der Waals surface area (Å²) in [5.74, 6) is -0.829. The van der Waals surface area contributed by atoms with Crippen LogP contribution in [0.2, 0.25) is 0 Å². The molecule has 0 spiro atoms. The summed E-state index contributed by atoms with van der Waals surface area (Å²) in [5.41, 5.74) is 10.7. The normalized spacial score (nSPS) is 19.4. The van der Waals surface area contributed by atoms with E-state index in [1.807, 2.05) is 9.80 Å². The molecule has 0 aromatic carbocycles. The van der Waals surface area contributed by atoms with Crippen LogP contribution in [0.15, 0.2) is 10.4 Å². The smallest absolute Gasteiger partial charge is 0.231 e. The van der Waals surface area contributed by atoms with Gasteiger partial charge in [0.15, 0.2) is 0 Å². The Morgan fingerprint density at radius 2 is 0.893 bits per heavy atom. The van der Waals surface area contributed by atoms with E-state index in [2.05, 4.69) is 20.2 Å². The SMILES string of the molecule is NC(=O)CN1CCN(CCN=O)CCN(CCN=O)CCN(CC(N)=O)CC1. The zero-order valence-corrected chi connectivity index (χ0v) is 16.4. The van der Waals surface area contributed by atoms with Crippen LogP contribution in [0, 0.1) is 9.81 Å². The molecule has 1 heterocycles. The van der Waals surface area contributed by atoms with Gasteiger partial charge in [-0.2, -0.15) is 9.81 Å². The Hall–Kier alpha value is -2.02. The molecule has 4 N–H and O–H groups in total. The highest BCUT2D eigenvalue weighted by molar-refractivity contribution is 5.76. The fraction of sp³-hybridized carbons (Fsp3) is 0.875. The topological polar surface area (TPSA) is 158 Å². The molecule has 160 valence electrons. The molecule has 0 aromatic heterocycles. The Morgan fingerprint density at radius 3 is 1.14 bits per heavy atom. The lowest BCUT2D eigenvalue weighted by atomic mass is 10.3. The maximum Gasteiger partial charge on any atom is 0.231 e. The Labute approximate surface area is 165 Å². The van der Waals surface area contributed by atoms with Crippen molar-refractivity contribution in [3.05, 3.63) is 9.81 Å². The van der Waals surface area contributed by atoms with Crippen molar-refractivity contribution in [2.24, 2.45) is 21.8 Å². The van der Waals surface area contributed by atoms with Gasteiger partial charge in [-0.3, -0.25) is 29.2 Å². The summed E-state index contributed by atoms with van der Waals surface area (Å²) in [6.45, 7) is 6.70. The zero-order valence-electron chi connectivity index (χ0n) is 16.4. The molecule has 0 radical (unpaired) electrons. The molecule has 0 atom stereocenters. The Morgan fingerprint density at radius 1 is 0.607 bits per heavy atom. The van der Waals surface area contributed by atoms with Crippen molar-refractivity contribution in [2.45, 2.75) is 0 Å². The van der Waals surface area contributed by atoms with Crippen LogP contribution in [0.25, 0.3) is 0 Å². The third-order valence-corrected chi connectivity index (χ3v) is 4.70. The van der Waals surface area contributed by atoms with Crippen LogP contribution in [0.4, 0.5) is 0 Å². The van der Waals surface area contributed by atoms with Crippen LogP contribution >= 0.6 is 0 Å². The molecule has 0 unspecified atom stereocenters. The van der Waals surface area contributed by atoms with Gasteiger partial charge in [-0.05, 0) is 0 Å². The highest BCUT2D eigenvalue weighted by Gasteiger charge is 2.18. The van der Waals surface area contributed by atoms with Gasteiger partial charge in [-0.15, -0.1) is 0 Å². The highest BCUT2D eigenvalue weighted by atomic mass is 16.3. The largest absolute Gasteiger partial charge is 0.369 e. The van der Waals surface area contributed by atoms with Gasteiger partial charge in [0.1, 0.15) is 0 Å². The average Bonchev–Trinajstić information content (AvgIpc) is 2.63. The minimum absolute atomic E-state index is 0.126. The van der Waals surface area contributed by atoms with Crippen molar-refractivity contribution >= 4 is 11.8 Å². The van der Waals surface area contributed by atoms with E-state index in [0.29, 0.717) is 65.4 Å². The molecule has 1 rings (SSSR count). The van der Waals surface area contributed by atoms with E-state index in [9.17, 15) is 19.4 Å². The minimum atomic E-state index is -0.415. The van der Waals surface area contributed by atoms with Crippen LogP contribution in [-0.2, 0) is 9.59 Å². The maximum absolute atomic E-state index is 11.4. The van der Waals surface area contributed by atoms with Crippen LogP contribution < -0.4 is 11.5 Å². The second-order valence-corrected chi connectivity index (χ2v) is 6.87. The Bertz CT molecular complexity index is 463. The van der Waals surface area contributed by atoms with Gasteiger partial charge >= 0.3 is 0 Å². The molecule has 1 aliphatic rings. The molecule has 2 amide bonds. The number of amides is 2. The predicted molar refractivity (Wildman–Crippen MR) is 105 cm³/mol. The molecule has 1 saturated heterocycles. The van der Waals surface area contributed by atoms with Gasteiger partial charge < -0.3 is 11.5 Å². The molecule has 28 heavy (non-hydrogen) atoms. The average molecular weight is 400 g/mol. The predicted octanol–water partition coefficient (Wildman–Crippen LogP) is -2.29. The first kappa shape index (κ1) is 24.0. The molecular formula is C16H32N8O4. The summed E-state index contributed by atoms with van der Waals surface area (Å²) in [4.78, 5) is 51.9. The number of hydrogen-bond donors (Lipinski definition) is 2. The number of rotatable bonds is 10. The van der Waals surface area contributed by atoms with Gasteiger partial charge in [0.25, 0.3) is 0 Å². The van der Waals surface area contributed by atoms with Gasteiger partial charge in [0.05, 0.1) is 26.2 Å². The summed E-state index contributed by atoms with van der Waals surface area (Å²) in [6, 6.07) is 0. The number of carbonyl (C=O) groups is 2. The Balaban J connectivity index is 2.84. The molecule has 12 nitrogen and oxygen atoms in total. The van der Waals surface area contributed by atoms with E-state index in [1.165, 1.54) is 0 Å². The monoisotopic (exact) mass is 400 g/mol. The minimum Gasteiger partial charge on any atom is -0.369 e. The Kier molecular flexibility index (Phi) is 12.0. The zero-order chi connectivity index (χ0) is 20.8. The summed E-state index contributed by atoms with van der Waals surface area (Å²) < 4.78 is 0. The van der Waals surface area contributed by atoms with Gasteiger partial charge in [-0.25, -0.2) is 0 Å². The summed E-state index contributed by atoms with van der Waals surface area (Å²) in [6.07, 6.45) is 0. The number of carbonyl (C=O) groups excluding carboxylic acids is 2. The van der Waals surface area contributed by atoms with E-state index < -0.39 is 11.8 Å². The fourth-order valence-corrected chi connectivity index (χ4v) is 3.15. The molecule has 0 bridgehead atoms. The molecular weight excluding hydrogens is 368 g/mol. The van der Waals surface area contributed by atoms with Crippen LogP contribution in [0.5, 0.6) is 0 Å². The van der Waals surface area contributed by atoms with E-state index >= 15 is 0 Å². The summed E-state index contributed by atoms with van der Waals surface area (Å²) in [7, 11) is 0. The first-order chi connectivity index (χ1) is 13.4. The van der Waals surface area contributed by atoms with Crippen molar-refractivity contribution in [2.75, 3.05) is 91.6 Å². The molecule has 0 aliphatic carbocycles. The third-order valence-electron chi connectivity index (χ3n) is 4.70. The fourth-order valence-electron chi connectivity index (χ4n) is 3.15. The van der Waals surface area contributed by atoms with Crippen molar-refractivity contribution in [3.8, 4) is 0 Å². The first-order valence-electron chi connectivity index (χ1n) is 9.49. The summed E-state index contributed by atoms with van der Waals surface area (Å²) >= 11 is 0. The molecule has 1 aliphatic heterocycles. The third kappa shape index (κ3) is 11.0. The van der Waals surface area contributed by atoms with E-state index in [0.717, 1.165) is 0 Å². The van der Waals surface area contributed by atoms with E-state index in [1.54, 1.807) is 0 Å². The van der Waals surface area contributed by atoms with Crippen LogP contribution in [0.1, 0.15) is 0 Å². The van der Waals surface area contributed by atoms with Gasteiger partial charge in [0.2, 0.25) is 11.8 Å². The first-order valence-corrected chi connectivity index (χ1v) is 9.49. The van der Waals surface area contributed by atoms with E-state index in [-0.39, 0.29) is 26.2 Å². The van der Waals surface area contributed by atoms with Gasteiger partial charge in [-0.1, -0.05) is 10.4 Å². The lowest BCUT2D eigenvalue weighted by molar-refractivity contribution is -0.120.